The summed E-state index contributed by atoms with van der Waals surface area (Å²) >= 11 is 0. The highest BCUT2D eigenvalue weighted by Gasteiger charge is 2.30. The Morgan fingerprint density at radius 2 is 2.04 bits per heavy atom. The standard InChI is InChI=1S/C16H15F2N5O2/c17-10-2-3-12(18)11(8-10)13-9-14(25-23-13)15(24)19-6-7-22-16-20-4-1-5-21-16/h1-5,8,14H,6-7,9H2,(H,19,24)(H,20,21,22)/t14-/m1/s1. The molecular weight excluding hydrogens is 332 g/mol. The highest BCUT2D eigenvalue weighted by Crippen LogP contribution is 2.20. The van der Waals surface area contributed by atoms with Crippen LogP contribution in [0.5, 0.6) is 0 Å². The van der Waals surface area contributed by atoms with Crippen molar-refractivity contribution in [2.24, 2.45) is 5.16 Å². The van der Waals surface area contributed by atoms with Crippen LogP contribution in [0.25, 0.3) is 0 Å². The number of hydrogen-bond donors (Lipinski definition) is 2. The summed E-state index contributed by atoms with van der Waals surface area (Å²) in [6, 6.07) is 4.76. The minimum Gasteiger partial charge on any atom is -0.382 e. The third-order valence-corrected chi connectivity index (χ3v) is 3.47. The maximum absolute atomic E-state index is 13.7. The van der Waals surface area contributed by atoms with Crippen LogP contribution < -0.4 is 10.6 Å². The molecule has 0 saturated carbocycles. The summed E-state index contributed by atoms with van der Waals surface area (Å²) in [5.41, 5.74) is 0.200. The van der Waals surface area contributed by atoms with Crippen LogP contribution in [-0.2, 0) is 9.63 Å². The third-order valence-electron chi connectivity index (χ3n) is 3.47. The van der Waals surface area contributed by atoms with Crippen molar-refractivity contribution in [2.75, 3.05) is 18.4 Å². The molecule has 0 spiro atoms. The molecule has 1 aromatic heterocycles. The SMILES string of the molecule is O=C(NCCNc1ncccn1)[C@H]1CC(c2cc(F)ccc2F)=NO1. The minimum atomic E-state index is -0.870. The molecule has 0 fully saturated rings. The third kappa shape index (κ3) is 4.25. The van der Waals surface area contributed by atoms with E-state index in [1.807, 2.05) is 0 Å². The maximum Gasteiger partial charge on any atom is 0.264 e. The molecule has 9 heteroatoms. The van der Waals surface area contributed by atoms with E-state index in [4.69, 9.17) is 4.84 Å². The monoisotopic (exact) mass is 347 g/mol. The number of benzene rings is 1. The van der Waals surface area contributed by atoms with Crippen molar-refractivity contribution < 1.29 is 18.4 Å². The van der Waals surface area contributed by atoms with Gasteiger partial charge in [-0.3, -0.25) is 4.79 Å². The van der Waals surface area contributed by atoms with Crippen molar-refractivity contribution in [1.82, 2.24) is 15.3 Å². The largest absolute Gasteiger partial charge is 0.382 e. The highest BCUT2D eigenvalue weighted by atomic mass is 19.1. The van der Waals surface area contributed by atoms with Gasteiger partial charge in [-0.15, -0.1) is 0 Å². The van der Waals surface area contributed by atoms with E-state index in [2.05, 4.69) is 25.8 Å². The number of amides is 1. The lowest BCUT2D eigenvalue weighted by Crippen LogP contribution is -2.37. The number of oxime groups is 1. The van der Waals surface area contributed by atoms with E-state index in [9.17, 15) is 13.6 Å². The Morgan fingerprint density at radius 3 is 2.84 bits per heavy atom. The van der Waals surface area contributed by atoms with Crippen LogP contribution in [-0.4, -0.2) is 40.8 Å². The quantitative estimate of drug-likeness (QED) is 0.773. The predicted octanol–water partition coefficient (Wildman–Crippen LogP) is 1.48. The van der Waals surface area contributed by atoms with Gasteiger partial charge < -0.3 is 15.5 Å². The summed E-state index contributed by atoms with van der Waals surface area (Å²) in [4.78, 5) is 25.1. The fourth-order valence-electron chi connectivity index (χ4n) is 2.26. The van der Waals surface area contributed by atoms with E-state index in [1.54, 1.807) is 18.5 Å². The molecule has 1 aliphatic rings. The second kappa shape index (κ2) is 7.65. The zero-order chi connectivity index (χ0) is 17.6. The Hall–Kier alpha value is -3.10. The minimum absolute atomic E-state index is 0.00167. The van der Waals surface area contributed by atoms with Gasteiger partial charge in [0.15, 0.2) is 0 Å². The first kappa shape index (κ1) is 16.7. The lowest BCUT2D eigenvalue weighted by Gasteiger charge is -2.10. The highest BCUT2D eigenvalue weighted by molar-refractivity contribution is 6.04. The fraction of sp³-hybridized carbons (Fsp3) is 0.250. The van der Waals surface area contributed by atoms with E-state index in [1.165, 1.54) is 0 Å². The zero-order valence-corrected chi connectivity index (χ0v) is 13.1. The molecule has 2 aromatic rings. The molecule has 2 heterocycles. The van der Waals surface area contributed by atoms with Gasteiger partial charge >= 0.3 is 0 Å². The maximum atomic E-state index is 13.7. The number of nitrogens with zero attached hydrogens (tertiary/aromatic N) is 3. The van der Waals surface area contributed by atoms with Gasteiger partial charge in [0, 0.05) is 37.5 Å². The molecule has 0 aliphatic carbocycles. The zero-order valence-electron chi connectivity index (χ0n) is 13.1. The van der Waals surface area contributed by atoms with Crippen molar-refractivity contribution in [3.8, 4) is 0 Å². The van der Waals surface area contributed by atoms with Gasteiger partial charge in [-0.05, 0) is 24.3 Å². The van der Waals surface area contributed by atoms with Crippen LogP contribution in [0.1, 0.15) is 12.0 Å². The number of hydrogen-bond acceptors (Lipinski definition) is 6. The molecule has 1 atom stereocenters. The first-order chi connectivity index (χ1) is 12.1. The smallest absolute Gasteiger partial charge is 0.264 e. The van der Waals surface area contributed by atoms with Gasteiger partial charge in [0.2, 0.25) is 12.1 Å². The summed E-state index contributed by atoms with van der Waals surface area (Å²) in [7, 11) is 0. The second-order valence-corrected chi connectivity index (χ2v) is 5.25. The average Bonchev–Trinajstić information content (AvgIpc) is 3.11. The van der Waals surface area contributed by atoms with E-state index in [0.717, 1.165) is 18.2 Å². The van der Waals surface area contributed by atoms with Gasteiger partial charge in [0.25, 0.3) is 5.91 Å². The number of anilines is 1. The molecule has 3 rings (SSSR count). The van der Waals surface area contributed by atoms with Gasteiger partial charge in [-0.2, -0.15) is 0 Å². The number of rotatable bonds is 6. The Labute approximate surface area is 142 Å². The van der Waals surface area contributed by atoms with Crippen molar-refractivity contribution in [2.45, 2.75) is 12.5 Å². The van der Waals surface area contributed by atoms with E-state index >= 15 is 0 Å². The number of aromatic nitrogens is 2. The topological polar surface area (TPSA) is 88.5 Å². The van der Waals surface area contributed by atoms with Crippen molar-refractivity contribution in [3.05, 3.63) is 53.9 Å². The van der Waals surface area contributed by atoms with Crippen LogP contribution in [0, 0.1) is 11.6 Å². The molecule has 1 aromatic carbocycles. The van der Waals surface area contributed by atoms with Crippen molar-refractivity contribution in [3.63, 3.8) is 0 Å². The fourth-order valence-corrected chi connectivity index (χ4v) is 2.26. The van der Waals surface area contributed by atoms with Gasteiger partial charge in [-0.25, -0.2) is 18.7 Å². The Balaban J connectivity index is 1.46. The van der Waals surface area contributed by atoms with Gasteiger partial charge in [0.05, 0.1) is 5.71 Å². The predicted molar refractivity (Wildman–Crippen MR) is 85.9 cm³/mol. The first-order valence-corrected chi connectivity index (χ1v) is 7.60. The second-order valence-electron chi connectivity index (χ2n) is 5.25. The van der Waals surface area contributed by atoms with Crippen LogP contribution in [0.3, 0.4) is 0 Å². The molecule has 2 N–H and O–H groups in total. The molecule has 1 amide bonds. The van der Waals surface area contributed by atoms with Crippen molar-refractivity contribution >= 4 is 17.6 Å². The van der Waals surface area contributed by atoms with Crippen LogP contribution >= 0.6 is 0 Å². The van der Waals surface area contributed by atoms with Gasteiger partial charge in [-0.1, -0.05) is 5.16 Å². The molecule has 1 aliphatic heterocycles. The number of carbonyl (C=O) groups is 1. The summed E-state index contributed by atoms with van der Waals surface area (Å²) < 4.78 is 27.0. The number of carbonyl (C=O) groups excluding carboxylic acids is 1. The molecule has 0 saturated heterocycles. The summed E-state index contributed by atoms with van der Waals surface area (Å²) in [6.07, 6.45) is 2.40. The Kier molecular flexibility index (Phi) is 5.12. The molecule has 0 unspecified atom stereocenters. The lowest BCUT2D eigenvalue weighted by atomic mass is 10.0. The van der Waals surface area contributed by atoms with Gasteiger partial charge in [0.1, 0.15) is 11.6 Å². The average molecular weight is 347 g/mol. The summed E-state index contributed by atoms with van der Waals surface area (Å²) in [5.74, 6) is -1.12. The number of nitrogens with one attached hydrogen (secondary N) is 2. The molecule has 25 heavy (non-hydrogen) atoms. The van der Waals surface area contributed by atoms with E-state index < -0.39 is 17.7 Å². The lowest BCUT2D eigenvalue weighted by molar-refractivity contribution is -0.131. The molecule has 0 bridgehead atoms. The van der Waals surface area contributed by atoms with Crippen molar-refractivity contribution in [1.29, 1.82) is 0 Å². The first-order valence-electron chi connectivity index (χ1n) is 7.60. The van der Waals surface area contributed by atoms with Crippen LogP contribution in [0.15, 0.2) is 41.8 Å². The number of halogens is 2. The molecule has 7 nitrogen and oxygen atoms in total. The van der Waals surface area contributed by atoms with E-state index in [-0.39, 0.29) is 23.6 Å². The summed E-state index contributed by atoms with van der Waals surface area (Å²) in [6.45, 7) is 0.745. The molecule has 0 radical (unpaired) electrons. The van der Waals surface area contributed by atoms with Crippen LogP contribution in [0.4, 0.5) is 14.7 Å². The molecule has 130 valence electrons. The van der Waals surface area contributed by atoms with Crippen LogP contribution in [0.2, 0.25) is 0 Å². The normalized spacial score (nSPS) is 16.1. The van der Waals surface area contributed by atoms with E-state index in [0.29, 0.717) is 19.0 Å². The Bertz CT molecular complexity index is 785. The molecular formula is C16H15F2N5O2. The Morgan fingerprint density at radius 1 is 1.24 bits per heavy atom. The summed E-state index contributed by atoms with van der Waals surface area (Å²) in [5, 5.41) is 9.31.